The largest absolute Gasteiger partial charge is 0.336 e. The molecule has 1 unspecified atom stereocenters. The molecule has 1 amide bonds. The Labute approximate surface area is 117 Å². The van der Waals surface area contributed by atoms with E-state index in [1.54, 1.807) is 0 Å². The first-order valence-electron chi connectivity index (χ1n) is 6.79. The molecular weight excluding hydrogens is 290 g/mol. The van der Waals surface area contributed by atoms with Crippen LogP contribution < -0.4 is 0 Å². The van der Waals surface area contributed by atoms with Gasteiger partial charge in [-0.2, -0.15) is 0 Å². The summed E-state index contributed by atoms with van der Waals surface area (Å²) >= 11 is 3.47. The van der Waals surface area contributed by atoms with E-state index >= 15 is 0 Å². The standard InChI is InChI=1S/C15H20BrNO/c1-2-7-12-8-5-6-11-17(12)15(18)13-9-3-4-10-14(13)16/h3-4,9-10,12H,2,5-8,11H2,1H3. The number of piperidine rings is 1. The van der Waals surface area contributed by atoms with Crippen LogP contribution in [-0.2, 0) is 0 Å². The molecule has 0 bridgehead atoms. The molecule has 3 heteroatoms. The van der Waals surface area contributed by atoms with Crippen molar-refractivity contribution >= 4 is 21.8 Å². The van der Waals surface area contributed by atoms with Gasteiger partial charge in [0.15, 0.2) is 0 Å². The van der Waals surface area contributed by atoms with Crippen molar-refractivity contribution < 1.29 is 4.79 Å². The van der Waals surface area contributed by atoms with Crippen LogP contribution in [-0.4, -0.2) is 23.4 Å². The summed E-state index contributed by atoms with van der Waals surface area (Å²) in [7, 11) is 0. The van der Waals surface area contributed by atoms with Gasteiger partial charge in [-0.05, 0) is 53.7 Å². The molecule has 1 fully saturated rings. The molecule has 18 heavy (non-hydrogen) atoms. The summed E-state index contributed by atoms with van der Waals surface area (Å²) in [6, 6.07) is 8.15. The van der Waals surface area contributed by atoms with Crippen LogP contribution in [0.1, 0.15) is 49.4 Å². The summed E-state index contributed by atoms with van der Waals surface area (Å²) in [4.78, 5) is 14.7. The zero-order valence-electron chi connectivity index (χ0n) is 10.9. The van der Waals surface area contributed by atoms with Gasteiger partial charge in [-0.1, -0.05) is 25.5 Å². The average molecular weight is 310 g/mol. The summed E-state index contributed by atoms with van der Waals surface area (Å²) < 4.78 is 0.899. The van der Waals surface area contributed by atoms with Gasteiger partial charge < -0.3 is 4.90 Å². The number of benzene rings is 1. The lowest BCUT2D eigenvalue weighted by Crippen LogP contribution is -2.43. The summed E-state index contributed by atoms with van der Waals surface area (Å²) in [6.45, 7) is 3.10. The molecule has 1 saturated heterocycles. The van der Waals surface area contributed by atoms with Gasteiger partial charge >= 0.3 is 0 Å². The van der Waals surface area contributed by atoms with Crippen LogP contribution in [0.3, 0.4) is 0 Å². The molecule has 0 aromatic heterocycles. The van der Waals surface area contributed by atoms with Crippen LogP contribution in [0.5, 0.6) is 0 Å². The van der Waals surface area contributed by atoms with Crippen molar-refractivity contribution in [2.24, 2.45) is 0 Å². The van der Waals surface area contributed by atoms with Gasteiger partial charge in [0.05, 0.1) is 5.56 Å². The van der Waals surface area contributed by atoms with E-state index in [9.17, 15) is 4.79 Å². The van der Waals surface area contributed by atoms with Crippen molar-refractivity contribution in [2.75, 3.05) is 6.54 Å². The fraction of sp³-hybridized carbons (Fsp3) is 0.533. The van der Waals surface area contributed by atoms with Gasteiger partial charge in [0.25, 0.3) is 5.91 Å². The minimum atomic E-state index is 0.181. The molecule has 0 spiro atoms. The van der Waals surface area contributed by atoms with E-state index in [2.05, 4.69) is 27.8 Å². The smallest absolute Gasteiger partial charge is 0.255 e. The average Bonchev–Trinajstić information content (AvgIpc) is 2.40. The normalized spacial score (nSPS) is 19.9. The number of carbonyl (C=O) groups excluding carboxylic acids is 1. The lowest BCUT2D eigenvalue weighted by molar-refractivity contribution is 0.0599. The number of halogens is 1. The molecule has 0 saturated carbocycles. The minimum absolute atomic E-state index is 0.181. The number of amides is 1. The molecule has 1 aliphatic rings. The second-order valence-corrected chi connectivity index (χ2v) is 5.77. The van der Waals surface area contributed by atoms with E-state index in [1.807, 2.05) is 24.3 Å². The Bertz CT molecular complexity index is 417. The zero-order chi connectivity index (χ0) is 13.0. The van der Waals surface area contributed by atoms with Crippen LogP contribution in [0, 0.1) is 0 Å². The number of hydrogen-bond donors (Lipinski definition) is 0. The Morgan fingerprint density at radius 2 is 2.17 bits per heavy atom. The first-order chi connectivity index (χ1) is 8.74. The van der Waals surface area contributed by atoms with E-state index in [4.69, 9.17) is 0 Å². The Balaban J connectivity index is 2.18. The summed E-state index contributed by atoms with van der Waals surface area (Å²) in [5.74, 6) is 0.181. The number of hydrogen-bond acceptors (Lipinski definition) is 1. The molecular formula is C15H20BrNO. The van der Waals surface area contributed by atoms with Crippen LogP contribution in [0.25, 0.3) is 0 Å². The zero-order valence-corrected chi connectivity index (χ0v) is 12.4. The summed E-state index contributed by atoms with van der Waals surface area (Å²) in [6.07, 6.45) is 5.81. The highest BCUT2D eigenvalue weighted by Gasteiger charge is 2.27. The van der Waals surface area contributed by atoms with Gasteiger partial charge in [0.2, 0.25) is 0 Å². The van der Waals surface area contributed by atoms with Crippen molar-refractivity contribution in [3.63, 3.8) is 0 Å². The fourth-order valence-electron chi connectivity index (χ4n) is 2.69. The second-order valence-electron chi connectivity index (χ2n) is 4.92. The lowest BCUT2D eigenvalue weighted by atomic mass is 9.97. The molecule has 2 rings (SSSR count). The molecule has 0 radical (unpaired) electrons. The molecule has 0 N–H and O–H groups in total. The van der Waals surface area contributed by atoms with Gasteiger partial charge in [0, 0.05) is 17.1 Å². The monoisotopic (exact) mass is 309 g/mol. The third-order valence-electron chi connectivity index (χ3n) is 3.61. The topological polar surface area (TPSA) is 20.3 Å². The van der Waals surface area contributed by atoms with Gasteiger partial charge in [-0.15, -0.1) is 0 Å². The SMILES string of the molecule is CCCC1CCCCN1C(=O)c1ccccc1Br. The molecule has 1 aliphatic heterocycles. The van der Waals surface area contributed by atoms with Crippen LogP contribution in [0.4, 0.5) is 0 Å². The Kier molecular flexibility index (Phi) is 4.81. The van der Waals surface area contributed by atoms with E-state index in [-0.39, 0.29) is 5.91 Å². The molecule has 98 valence electrons. The maximum Gasteiger partial charge on any atom is 0.255 e. The Hall–Kier alpha value is -0.830. The summed E-state index contributed by atoms with van der Waals surface area (Å²) in [5, 5.41) is 0. The molecule has 0 aliphatic carbocycles. The van der Waals surface area contributed by atoms with Gasteiger partial charge in [-0.25, -0.2) is 0 Å². The molecule has 1 aromatic rings. The van der Waals surface area contributed by atoms with Crippen molar-refractivity contribution in [3.8, 4) is 0 Å². The predicted molar refractivity (Wildman–Crippen MR) is 77.7 cm³/mol. The Morgan fingerprint density at radius 1 is 1.39 bits per heavy atom. The highest BCUT2D eigenvalue weighted by molar-refractivity contribution is 9.10. The second kappa shape index (κ2) is 6.37. The number of carbonyl (C=O) groups is 1. The van der Waals surface area contributed by atoms with E-state index in [0.717, 1.165) is 42.3 Å². The van der Waals surface area contributed by atoms with Crippen molar-refractivity contribution in [1.29, 1.82) is 0 Å². The summed E-state index contributed by atoms with van der Waals surface area (Å²) in [5.41, 5.74) is 0.792. The van der Waals surface area contributed by atoms with E-state index < -0.39 is 0 Å². The Morgan fingerprint density at radius 3 is 2.89 bits per heavy atom. The fourth-order valence-corrected chi connectivity index (χ4v) is 3.15. The van der Waals surface area contributed by atoms with Gasteiger partial charge in [0.1, 0.15) is 0 Å². The van der Waals surface area contributed by atoms with E-state index in [0.29, 0.717) is 6.04 Å². The van der Waals surface area contributed by atoms with Crippen LogP contribution in [0.15, 0.2) is 28.7 Å². The predicted octanol–water partition coefficient (Wildman–Crippen LogP) is 4.24. The first kappa shape index (κ1) is 13.6. The van der Waals surface area contributed by atoms with Crippen LogP contribution >= 0.6 is 15.9 Å². The van der Waals surface area contributed by atoms with Crippen molar-refractivity contribution in [3.05, 3.63) is 34.3 Å². The van der Waals surface area contributed by atoms with Crippen molar-refractivity contribution in [1.82, 2.24) is 4.90 Å². The van der Waals surface area contributed by atoms with E-state index in [1.165, 1.54) is 6.42 Å². The quantitative estimate of drug-likeness (QED) is 0.817. The molecule has 2 nitrogen and oxygen atoms in total. The number of rotatable bonds is 3. The van der Waals surface area contributed by atoms with Gasteiger partial charge in [-0.3, -0.25) is 4.79 Å². The minimum Gasteiger partial charge on any atom is -0.336 e. The lowest BCUT2D eigenvalue weighted by Gasteiger charge is -2.36. The number of likely N-dealkylation sites (tertiary alicyclic amines) is 1. The highest BCUT2D eigenvalue weighted by atomic mass is 79.9. The third kappa shape index (κ3) is 2.94. The van der Waals surface area contributed by atoms with Crippen molar-refractivity contribution in [2.45, 2.75) is 45.1 Å². The maximum absolute atomic E-state index is 12.6. The molecule has 1 heterocycles. The van der Waals surface area contributed by atoms with Crippen LogP contribution in [0.2, 0.25) is 0 Å². The highest BCUT2D eigenvalue weighted by Crippen LogP contribution is 2.25. The molecule has 1 atom stereocenters. The molecule has 1 aromatic carbocycles. The third-order valence-corrected chi connectivity index (χ3v) is 4.31. The maximum atomic E-state index is 12.6. The number of nitrogens with zero attached hydrogens (tertiary/aromatic N) is 1. The first-order valence-corrected chi connectivity index (χ1v) is 7.59.